The molecule has 1 aromatic rings. The first kappa shape index (κ1) is 11.3. The van der Waals surface area contributed by atoms with Gasteiger partial charge in [0.25, 0.3) is 0 Å². The van der Waals surface area contributed by atoms with Gasteiger partial charge >= 0.3 is 5.97 Å². The topological polar surface area (TPSA) is 104 Å². The molecule has 6 heteroatoms. The number of carboxylic acids is 1. The van der Waals surface area contributed by atoms with Gasteiger partial charge in [0.1, 0.15) is 6.04 Å². The Hall–Kier alpha value is -2.24. The molecule has 1 amide bonds. The van der Waals surface area contributed by atoms with Crippen molar-refractivity contribution in [2.45, 2.75) is 19.0 Å². The maximum atomic E-state index is 11.6. The number of aliphatic carboxylic acids is 1. The molecule has 2 rings (SSSR count). The first-order chi connectivity index (χ1) is 8.06. The van der Waals surface area contributed by atoms with Crippen LogP contribution >= 0.6 is 0 Å². The molecule has 5 N–H and O–H groups in total. The molecular weight excluding hydrogens is 222 g/mol. The zero-order valence-electron chi connectivity index (χ0n) is 9.06. The fourth-order valence-corrected chi connectivity index (χ4v) is 1.78. The third-order valence-corrected chi connectivity index (χ3v) is 2.61. The summed E-state index contributed by atoms with van der Waals surface area (Å²) in [6, 6.07) is 4.46. The van der Waals surface area contributed by atoms with Crippen LogP contribution in [0.5, 0.6) is 0 Å². The number of rotatable bonds is 2. The van der Waals surface area contributed by atoms with Crippen LogP contribution < -0.4 is 16.4 Å². The van der Waals surface area contributed by atoms with Gasteiger partial charge in [0.15, 0.2) is 0 Å². The molecule has 0 spiro atoms. The minimum atomic E-state index is -1.02. The maximum Gasteiger partial charge on any atom is 0.305 e. The van der Waals surface area contributed by atoms with Gasteiger partial charge in [-0.05, 0) is 23.8 Å². The first-order valence-corrected chi connectivity index (χ1v) is 5.20. The Morgan fingerprint density at radius 3 is 3.00 bits per heavy atom. The molecule has 0 aliphatic carbocycles. The molecule has 6 nitrogen and oxygen atoms in total. The molecule has 1 aromatic carbocycles. The van der Waals surface area contributed by atoms with E-state index >= 15 is 0 Å². The highest BCUT2D eigenvalue weighted by Gasteiger charge is 2.25. The number of anilines is 2. The van der Waals surface area contributed by atoms with Crippen LogP contribution in [-0.2, 0) is 16.1 Å². The largest absolute Gasteiger partial charge is 0.481 e. The lowest BCUT2D eigenvalue weighted by Crippen LogP contribution is -2.38. The van der Waals surface area contributed by atoms with E-state index in [9.17, 15) is 9.59 Å². The van der Waals surface area contributed by atoms with E-state index in [1.165, 1.54) is 0 Å². The van der Waals surface area contributed by atoms with Crippen molar-refractivity contribution in [3.63, 3.8) is 0 Å². The average Bonchev–Trinajstić information content (AvgIpc) is 2.40. The number of hydrogen-bond donors (Lipinski definition) is 4. The zero-order chi connectivity index (χ0) is 12.4. The van der Waals surface area contributed by atoms with E-state index < -0.39 is 12.0 Å². The lowest BCUT2D eigenvalue weighted by atomic mass is 10.1. The highest BCUT2D eigenvalue weighted by atomic mass is 16.4. The number of fused-ring (bicyclic) bond motifs is 1. The van der Waals surface area contributed by atoms with E-state index in [4.69, 9.17) is 10.8 Å². The second-order valence-electron chi connectivity index (χ2n) is 3.93. The summed E-state index contributed by atoms with van der Waals surface area (Å²) in [6.07, 6.45) is -0.254. The van der Waals surface area contributed by atoms with Crippen molar-refractivity contribution < 1.29 is 14.7 Å². The molecule has 0 unspecified atom stereocenters. The number of hydrogen-bond acceptors (Lipinski definition) is 4. The average molecular weight is 235 g/mol. The van der Waals surface area contributed by atoms with Gasteiger partial charge in [0, 0.05) is 17.9 Å². The molecule has 90 valence electrons. The lowest BCUT2D eigenvalue weighted by Gasteiger charge is -2.14. The number of nitrogen functional groups attached to an aromatic ring is 1. The smallest absolute Gasteiger partial charge is 0.305 e. The molecule has 17 heavy (non-hydrogen) atoms. The molecule has 1 aliphatic heterocycles. The fourth-order valence-electron chi connectivity index (χ4n) is 1.78. The summed E-state index contributed by atoms with van der Waals surface area (Å²) in [6.45, 7) is 0.350. The Labute approximate surface area is 97.8 Å². The lowest BCUT2D eigenvalue weighted by molar-refractivity contribution is -0.139. The molecule has 0 saturated carbocycles. The van der Waals surface area contributed by atoms with Crippen molar-refractivity contribution in [1.82, 2.24) is 5.32 Å². The van der Waals surface area contributed by atoms with E-state index in [0.717, 1.165) is 11.3 Å². The van der Waals surface area contributed by atoms with Gasteiger partial charge in [-0.15, -0.1) is 0 Å². The Morgan fingerprint density at radius 2 is 2.29 bits per heavy atom. The van der Waals surface area contributed by atoms with Crippen LogP contribution in [0.25, 0.3) is 0 Å². The van der Waals surface area contributed by atoms with Crippen LogP contribution in [0.2, 0.25) is 0 Å². The molecule has 0 fully saturated rings. The SMILES string of the molecule is Nc1ccc2c(c1)CNC(=O)[C@H](CC(=O)O)N2. The van der Waals surface area contributed by atoms with E-state index in [-0.39, 0.29) is 12.3 Å². The molecule has 1 aliphatic rings. The van der Waals surface area contributed by atoms with Crippen molar-refractivity contribution in [2.75, 3.05) is 11.1 Å². The third kappa shape index (κ3) is 2.47. The van der Waals surface area contributed by atoms with Gasteiger partial charge in [-0.3, -0.25) is 9.59 Å². The summed E-state index contributed by atoms with van der Waals surface area (Å²) in [5.41, 5.74) is 7.85. The van der Waals surface area contributed by atoms with E-state index in [1.807, 2.05) is 0 Å². The van der Waals surface area contributed by atoms with Crippen LogP contribution in [0.1, 0.15) is 12.0 Å². The summed E-state index contributed by atoms with van der Waals surface area (Å²) in [5, 5.41) is 14.3. The number of carboxylic acid groups (broad SMARTS) is 1. The monoisotopic (exact) mass is 235 g/mol. The number of nitrogens with one attached hydrogen (secondary N) is 2. The van der Waals surface area contributed by atoms with Crippen LogP contribution in [-0.4, -0.2) is 23.0 Å². The predicted octanol–water partition coefficient (Wildman–Crippen LogP) is 0.154. The molecule has 0 radical (unpaired) electrons. The van der Waals surface area contributed by atoms with Crippen LogP contribution in [0, 0.1) is 0 Å². The third-order valence-electron chi connectivity index (χ3n) is 2.61. The summed E-state index contributed by atoms with van der Waals surface area (Å²) in [5.74, 6) is -1.33. The zero-order valence-corrected chi connectivity index (χ0v) is 9.06. The molecular formula is C11H13N3O3. The Balaban J connectivity index is 2.27. The molecule has 0 aromatic heterocycles. The van der Waals surface area contributed by atoms with Gasteiger partial charge in [-0.1, -0.05) is 0 Å². The summed E-state index contributed by atoms with van der Waals surface area (Å²) >= 11 is 0. The van der Waals surface area contributed by atoms with Crippen molar-refractivity contribution in [2.24, 2.45) is 0 Å². The second-order valence-corrected chi connectivity index (χ2v) is 3.93. The van der Waals surface area contributed by atoms with Crippen LogP contribution in [0.3, 0.4) is 0 Å². The summed E-state index contributed by atoms with van der Waals surface area (Å²) in [4.78, 5) is 22.3. The van der Waals surface area contributed by atoms with Crippen LogP contribution in [0.4, 0.5) is 11.4 Å². The quantitative estimate of drug-likeness (QED) is 0.546. The van der Waals surface area contributed by atoms with Crippen molar-refractivity contribution in [3.05, 3.63) is 23.8 Å². The highest BCUT2D eigenvalue weighted by molar-refractivity contribution is 5.90. The standard InChI is InChI=1S/C11H13N3O3/c12-7-1-2-8-6(3-7)5-13-11(17)9(14-8)4-10(15)16/h1-3,9,14H,4-5,12H2,(H,13,17)(H,15,16)/t9-/m0/s1. The highest BCUT2D eigenvalue weighted by Crippen LogP contribution is 2.22. The number of amides is 1. The number of carbonyl (C=O) groups excluding carboxylic acids is 1. The second kappa shape index (κ2) is 4.32. The molecule has 0 bridgehead atoms. The van der Waals surface area contributed by atoms with Gasteiger partial charge in [0.05, 0.1) is 6.42 Å². The Morgan fingerprint density at radius 1 is 1.53 bits per heavy atom. The number of benzene rings is 1. The van der Waals surface area contributed by atoms with Crippen molar-refractivity contribution in [1.29, 1.82) is 0 Å². The van der Waals surface area contributed by atoms with Crippen molar-refractivity contribution in [3.8, 4) is 0 Å². The Kier molecular flexibility index (Phi) is 2.86. The van der Waals surface area contributed by atoms with E-state index in [0.29, 0.717) is 12.2 Å². The summed E-state index contributed by atoms with van der Waals surface area (Å²) in [7, 11) is 0. The maximum absolute atomic E-state index is 11.6. The van der Waals surface area contributed by atoms with Gasteiger partial charge in [-0.25, -0.2) is 0 Å². The molecule has 0 saturated heterocycles. The predicted molar refractivity (Wildman–Crippen MR) is 62.4 cm³/mol. The van der Waals surface area contributed by atoms with Gasteiger partial charge in [-0.2, -0.15) is 0 Å². The molecule has 1 heterocycles. The van der Waals surface area contributed by atoms with Gasteiger partial charge < -0.3 is 21.5 Å². The van der Waals surface area contributed by atoms with Crippen LogP contribution in [0.15, 0.2) is 18.2 Å². The Bertz CT molecular complexity index is 473. The minimum Gasteiger partial charge on any atom is -0.481 e. The van der Waals surface area contributed by atoms with Gasteiger partial charge in [0.2, 0.25) is 5.91 Å². The van der Waals surface area contributed by atoms with E-state index in [2.05, 4.69) is 10.6 Å². The number of nitrogens with two attached hydrogens (primary N) is 1. The van der Waals surface area contributed by atoms with E-state index in [1.54, 1.807) is 18.2 Å². The minimum absolute atomic E-state index is 0.254. The normalized spacial score (nSPS) is 18.6. The summed E-state index contributed by atoms with van der Waals surface area (Å²) < 4.78 is 0. The molecule has 1 atom stereocenters. The first-order valence-electron chi connectivity index (χ1n) is 5.20. The fraction of sp³-hybridized carbons (Fsp3) is 0.273. The van der Waals surface area contributed by atoms with Crippen molar-refractivity contribution >= 4 is 23.3 Å². The number of carbonyl (C=O) groups is 2.